The third-order valence-corrected chi connectivity index (χ3v) is 8.93. The van der Waals surface area contributed by atoms with Gasteiger partial charge in [0.15, 0.2) is 11.4 Å². The molecule has 2 amide bonds. The normalized spacial score (nSPS) is 15.8. The van der Waals surface area contributed by atoms with Crippen LogP contribution in [-0.2, 0) is 28.7 Å². The van der Waals surface area contributed by atoms with Crippen LogP contribution in [0, 0.1) is 6.92 Å². The molecule has 0 saturated carbocycles. The topological polar surface area (TPSA) is 163 Å². The molecule has 266 valence electrons. The van der Waals surface area contributed by atoms with Crippen molar-refractivity contribution in [3.8, 4) is 5.75 Å². The first-order valence-electron chi connectivity index (χ1n) is 15.9. The largest absolute Gasteiger partial charge is 0.504 e. The van der Waals surface area contributed by atoms with Gasteiger partial charge in [0.05, 0.1) is 34.3 Å². The van der Waals surface area contributed by atoms with Gasteiger partial charge in [-0.3, -0.25) is 14.4 Å². The van der Waals surface area contributed by atoms with Crippen molar-refractivity contribution < 1.29 is 32.6 Å². The first-order chi connectivity index (χ1) is 23.9. The molecule has 0 spiro atoms. The summed E-state index contributed by atoms with van der Waals surface area (Å²) in [5, 5.41) is 17.2. The molecule has 50 heavy (non-hydrogen) atoms. The molecule has 6 rings (SSSR count). The quantitative estimate of drug-likeness (QED) is 0.289. The summed E-state index contributed by atoms with van der Waals surface area (Å²) < 4.78 is 47.9. The third kappa shape index (κ3) is 6.89. The van der Waals surface area contributed by atoms with E-state index in [1.165, 1.54) is 11.2 Å². The molecular weight excluding hydrogens is 685 g/mol. The Morgan fingerprint density at radius 2 is 1.82 bits per heavy atom. The summed E-state index contributed by atoms with van der Waals surface area (Å²) in [6.45, 7) is 5.97. The van der Waals surface area contributed by atoms with E-state index in [1.807, 2.05) is 16.7 Å². The fraction of sp³-hybridized carbons (Fsp3) is 0.452. The fourth-order valence-corrected chi connectivity index (χ4v) is 6.26. The van der Waals surface area contributed by atoms with Crippen molar-refractivity contribution in [1.82, 2.24) is 34.0 Å². The van der Waals surface area contributed by atoms with Gasteiger partial charge >= 0.3 is 6.18 Å². The van der Waals surface area contributed by atoms with Crippen LogP contribution >= 0.6 is 11.6 Å². The minimum Gasteiger partial charge on any atom is -0.504 e. The van der Waals surface area contributed by atoms with Crippen LogP contribution in [0.15, 0.2) is 29.3 Å². The maximum Gasteiger partial charge on any atom is 0.416 e. The number of hydrogen-bond donors (Lipinski definition) is 2. The average molecular weight is 719 g/mol. The van der Waals surface area contributed by atoms with Gasteiger partial charge < -0.3 is 34.4 Å². The highest BCUT2D eigenvalue weighted by Gasteiger charge is 2.32. The summed E-state index contributed by atoms with van der Waals surface area (Å²) in [5.74, 6) is -1.01. The molecule has 2 aliphatic rings. The lowest BCUT2D eigenvalue weighted by atomic mass is 10.2. The SMILES string of the molecule is CCc1c(N2CCN(C(=O)c3ncnc(C)c3O)CC2)c(=O)n2nc(N3CCCOCC3)nc2n1CC(=O)Nc1ccc(C(F)(F)F)cc1Cl. The Kier molecular flexibility index (Phi) is 9.84. The Morgan fingerprint density at radius 1 is 1.06 bits per heavy atom. The lowest BCUT2D eigenvalue weighted by Gasteiger charge is -2.36. The van der Waals surface area contributed by atoms with Gasteiger partial charge in [-0.2, -0.15) is 22.7 Å². The van der Waals surface area contributed by atoms with Crippen LogP contribution in [0.2, 0.25) is 5.02 Å². The average Bonchev–Trinajstić information content (AvgIpc) is 3.36. The van der Waals surface area contributed by atoms with Crippen molar-refractivity contribution in [2.45, 2.75) is 39.4 Å². The molecule has 3 aromatic heterocycles. The molecule has 0 atom stereocenters. The molecule has 2 saturated heterocycles. The number of ether oxygens (including phenoxy) is 1. The number of nitrogens with one attached hydrogen (secondary N) is 1. The smallest absolute Gasteiger partial charge is 0.416 e. The van der Waals surface area contributed by atoms with Crippen molar-refractivity contribution in [3.05, 3.63) is 62.5 Å². The summed E-state index contributed by atoms with van der Waals surface area (Å²) in [5.41, 5.74) is -0.543. The number of rotatable bonds is 7. The second-order valence-electron chi connectivity index (χ2n) is 11.8. The van der Waals surface area contributed by atoms with E-state index in [0.29, 0.717) is 38.4 Å². The standard InChI is InChI=1S/C31H34ClF3N10O5/c1-3-22-25(41-8-10-42(11-9-41)27(48)24-26(47)18(2)36-17-37-24)28(49)45-30(39-29(40-45)43-7-4-13-50-14-12-43)44(22)16-23(46)38-21-6-5-19(15-20(21)32)31(33,34)35/h5-6,15,17,47H,3-4,7-14,16H2,1-2H3,(H,38,46). The van der Waals surface area contributed by atoms with Crippen LogP contribution < -0.4 is 20.7 Å². The zero-order valence-corrected chi connectivity index (χ0v) is 28.0. The number of fused-ring (bicyclic) bond motifs is 1. The second kappa shape index (κ2) is 14.1. The van der Waals surface area contributed by atoms with E-state index in [4.69, 9.17) is 16.3 Å². The number of carbonyl (C=O) groups is 2. The summed E-state index contributed by atoms with van der Waals surface area (Å²) >= 11 is 6.12. The van der Waals surface area contributed by atoms with Crippen molar-refractivity contribution in [2.75, 3.05) is 67.6 Å². The van der Waals surface area contributed by atoms with Gasteiger partial charge in [-0.15, -0.1) is 5.10 Å². The Labute approximate surface area is 288 Å². The van der Waals surface area contributed by atoms with E-state index in [2.05, 4.69) is 25.4 Å². The molecule has 2 fully saturated rings. The van der Waals surface area contributed by atoms with E-state index in [0.717, 1.165) is 29.1 Å². The number of carbonyl (C=O) groups excluding carboxylic acids is 2. The highest BCUT2D eigenvalue weighted by molar-refractivity contribution is 6.33. The minimum atomic E-state index is -4.61. The first kappa shape index (κ1) is 34.9. The maximum absolute atomic E-state index is 14.2. The molecule has 1 aromatic carbocycles. The number of hydrogen-bond acceptors (Lipinski definition) is 11. The van der Waals surface area contributed by atoms with E-state index in [1.54, 1.807) is 11.5 Å². The number of benzene rings is 1. The number of piperazine rings is 1. The number of aryl methyl sites for hydroxylation is 1. The van der Waals surface area contributed by atoms with Crippen molar-refractivity contribution in [1.29, 1.82) is 0 Å². The molecule has 0 unspecified atom stereocenters. The molecule has 0 radical (unpaired) electrons. The van der Waals surface area contributed by atoms with Gasteiger partial charge in [-0.25, -0.2) is 9.97 Å². The summed E-state index contributed by atoms with van der Waals surface area (Å²) in [7, 11) is 0. The van der Waals surface area contributed by atoms with Crippen molar-refractivity contribution in [3.63, 3.8) is 0 Å². The monoisotopic (exact) mass is 718 g/mol. The zero-order valence-electron chi connectivity index (χ0n) is 27.2. The van der Waals surface area contributed by atoms with Crippen LogP contribution in [0.4, 0.5) is 30.5 Å². The number of aromatic hydroxyl groups is 1. The van der Waals surface area contributed by atoms with Crippen molar-refractivity contribution >= 4 is 46.5 Å². The number of halogens is 4. The van der Waals surface area contributed by atoms with E-state index in [9.17, 15) is 32.7 Å². The van der Waals surface area contributed by atoms with Gasteiger partial charge in [0.25, 0.3) is 11.5 Å². The zero-order chi connectivity index (χ0) is 35.7. The number of anilines is 3. The molecule has 5 heterocycles. The number of amides is 2. The first-order valence-corrected chi connectivity index (χ1v) is 16.3. The predicted octanol–water partition coefficient (Wildman–Crippen LogP) is 2.76. The highest BCUT2D eigenvalue weighted by atomic mass is 35.5. The van der Waals surface area contributed by atoms with Gasteiger partial charge in [0.1, 0.15) is 18.6 Å². The lowest BCUT2D eigenvalue weighted by Crippen LogP contribution is -2.51. The molecule has 4 aromatic rings. The van der Waals surface area contributed by atoms with E-state index >= 15 is 0 Å². The Bertz CT molecular complexity index is 1990. The Hall–Kier alpha value is -4.97. The number of alkyl halides is 3. The Morgan fingerprint density at radius 3 is 2.52 bits per heavy atom. The van der Waals surface area contributed by atoms with Crippen molar-refractivity contribution in [2.24, 2.45) is 0 Å². The summed E-state index contributed by atoms with van der Waals surface area (Å²) in [6.07, 6.45) is -2.39. The van der Waals surface area contributed by atoms with E-state index in [-0.39, 0.29) is 78.0 Å². The van der Waals surface area contributed by atoms with Crippen LogP contribution in [0.1, 0.15) is 40.8 Å². The van der Waals surface area contributed by atoms with Gasteiger partial charge in [-0.05, 0) is 38.0 Å². The molecule has 0 bridgehead atoms. The summed E-state index contributed by atoms with van der Waals surface area (Å²) in [4.78, 5) is 58.7. The highest BCUT2D eigenvalue weighted by Crippen LogP contribution is 2.34. The summed E-state index contributed by atoms with van der Waals surface area (Å²) in [6, 6.07) is 2.63. The van der Waals surface area contributed by atoms with Gasteiger partial charge in [0, 0.05) is 45.9 Å². The van der Waals surface area contributed by atoms with E-state index < -0.39 is 29.1 Å². The number of nitrogens with zero attached hydrogens (tertiary/aromatic N) is 9. The Balaban J connectivity index is 1.34. The lowest BCUT2D eigenvalue weighted by molar-refractivity contribution is -0.137. The van der Waals surface area contributed by atoms with Crippen LogP contribution in [-0.4, -0.2) is 103 Å². The predicted molar refractivity (Wildman–Crippen MR) is 176 cm³/mol. The minimum absolute atomic E-state index is 0.0163. The molecule has 2 N–H and O–H groups in total. The van der Waals surface area contributed by atoms with Crippen LogP contribution in [0.5, 0.6) is 5.75 Å². The second-order valence-corrected chi connectivity index (χ2v) is 12.2. The number of aromatic nitrogens is 6. The van der Waals surface area contributed by atoms with Crippen LogP contribution in [0.3, 0.4) is 0 Å². The third-order valence-electron chi connectivity index (χ3n) is 8.62. The molecule has 19 heteroatoms. The molecular formula is C31H34ClF3N10O5. The van der Waals surface area contributed by atoms with Crippen LogP contribution in [0.25, 0.3) is 5.78 Å². The van der Waals surface area contributed by atoms with Gasteiger partial charge in [0.2, 0.25) is 17.6 Å². The molecule has 15 nitrogen and oxygen atoms in total. The molecule has 2 aliphatic heterocycles. The fourth-order valence-electron chi connectivity index (χ4n) is 6.03. The molecule has 0 aliphatic carbocycles. The van der Waals surface area contributed by atoms with Gasteiger partial charge in [-0.1, -0.05) is 18.5 Å². The maximum atomic E-state index is 14.2.